The quantitative estimate of drug-likeness (QED) is 0.186. The monoisotopic (exact) mass is 582 g/mol. The number of carbonyl (C=O) groups excluding carboxylic acids is 3. The maximum atomic E-state index is 12.4. The lowest BCUT2D eigenvalue weighted by Gasteiger charge is -2.13. The zero-order valence-electron chi connectivity index (χ0n) is 21.0. The van der Waals surface area contributed by atoms with Gasteiger partial charge in [0.25, 0.3) is 5.91 Å². The molecule has 11 heteroatoms. The predicted molar refractivity (Wildman–Crippen MR) is 148 cm³/mol. The summed E-state index contributed by atoms with van der Waals surface area (Å²) < 4.78 is 17.3. The highest BCUT2D eigenvalue weighted by Crippen LogP contribution is 2.28. The number of carbonyl (C=O) groups is 3. The van der Waals surface area contributed by atoms with E-state index >= 15 is 0 Å². The summed E-state index contributed by atoms with van der Waals surface area (Å²) in [5.41, 5.74) is 4.80. The minimum atomic E-state index is -0.936. The highest BCUT2D eigenvalue weighted by atomic mass is 79.9. The maximum Gasteiger partial charge on any atom is 0.329 e. The number of anilines is 2. The van der Waals surface area contributed by atoms with E-state index in [1.165, 1.54) is 13.3 Å². The summed E-state index contributed by atoms with van der Waals surface area (Å²) in [5.74, 6) is -0.739. The number of amides is 3. The second-order valence-electron chi connectivity index (χ2n) is 7.82. The maximum absolute atomic E-state index is 12.4. The summed E-state index contributed by atoms with van der Waals surface area (Å²) in [7, 11) is 1.53. The van der Waals surface area contributed by atoms with Crippen LogP contribution < -0.4 is 30.3 Å². The summed E-state index contributed by atoms with van der Waals surface area (Å²) in [5, 5.41) is 9.11. The number of halogens is 1. The number of hydrogen-bond donors (Lipinski definition) is 3. The van der Waals surface area contributed by atoms with Crippen LogP contribution in [-0.4, -0.2) is 44.3 Å². The summed E-state index contributed by atoms with van der Waals surface area (Å²) in [6, 6.07) is 17.0. The molecule has 0 aliphatic carbocycles. The summed E-state index contributed by atoms with van der Waals surface area (Å²) >= 11 is 3.39. The Balaban J connectivity index is 1.55. The normalized spacial score (nSPS) is 10.5. The molecule has 38 heavy (non-hydrogen) atoms. The van der Waals surface area contributed by atoms with E-state index in [0.717, 1.165) is 10.0 Å². The first kappa shape index (κ1) is 28.2. The van der Waals surface area contributed by atoms with E-state index in [4.69, 9.17) is 14.2 Å². The smallest absolute Gasteiger partial charge is 0.329 e. The number of hydrazone groups is 1. The van der Waals surface area contributed by atoms with Gasteiger partial charge in [-0.3, -0.25) is 14.4 Å². The summed E-state index contributed by atoms with van der Waals surface area (Å²) in [6.45, 7) is 3.85. The molecule has 0 saturated carbocycles. The number of ether oxygens (including phenoxy) is 3. The fourth-order valence-corrected chi connectivity index (χ4v) is 3.64. The fraction of sp³-hybridized carbons (Fsp3) is 0.185. The molecular weight excluding hydrogens is 556 g/mol. The molecule has 0 saturated heterocycles. The average molecular weight is 583 g/mol. The molecule has 3 aromatic rings. The molecule has 0 radical (unpaired) electrons. The van der Waals surface area contributed by atoms with Gasteiger partial charge in [-0.25, -0.2) is 5.43 Å². The van der Waals surface area contributed by atoms with Crippen molar-refractivity contribution in [2.24, 2.45) is 5.10 Å². The molecular formula is C27H27BrN4O6. The van der Waals surface area contributed by atoms with Crippen molar-refractivity contribution in [1.82, 2.24) is 5.43 Å². The van der Waals surface area contributed by atoms with Gasteiger partial charge in [-0.05, 0) is 85.6 Å². The summed E-state index contributed by atoms with van der Waals surface area (Å²) in [4.78, 5) is 36.5. The molecule has 3 N–H and O–H groups in total. The van der Waals surface area contributed by atoms with E-state index in [2.05, 4.69) is 37.1 Å². The molecule has 0 spiro atoms. The lowest BCUT2D eigenvalue weighted by molar-refractivity contribution is -0.136. The van der Waals surface area contributed by atoms with Gasteiger partial charge in [0.1, 0.15) is 5.75 Å². The number of benzene rings is 3. The van der Waals surface area contributed by atoms with E-state index in [-0.39, 0.29) is 12.5 Å². The highest BCUT2D eigenvalue weighted by molar-refractivity contribution is 9.10. The third-order valence-corrected chi connectivity index (χ3v) is 5.52. The predicted octanol–water partition coefficient (Wildman–Crippen LogP) is 4.27. The van der Waals surface area contributed by atoms with Crippen molar-refractivity contribution in [1.29, 1.82) is 0 Å². The Morgan fingerprint density at radius 3 is 2.37 bits per heavy atom. The Morgan fingerprint density at radius 2 is 1.68 bits per heavy atom. The van der Waals surface area contributed by atoms with Crippen LogP contribution in [0.1, 0.15) is 18.1 Å². The van der Waals surface area contributed by atoms with Crippen LogP contribution in [0.4, 0.5) is 11.4 Å². The van der Waals surface area contributed by atoms with Gasteiger partial charge in [-0.15, -0.1) is 0 Å². The molecule has 0 aliphatic rings. The Morgan fingerprint density at radius 1 is 0.921 bits per heavy atom. The molecule has 198 valence electrons. The molecule has 3 amide bonds. The van der Waals surface area contributed by atoms with Gasteiger partial charge < -0.3 is 24.8 Å². The Kier molecular flexibility index (Phi) is 10.2. The molecule has 10 nitrogen and oxygen atoms in total. The van der Waals surface area contributed by atoms with Crippen molar-refractivity contribution in [3.8, 4) is 17.2 Å². The topological polar surface area (TPSA) is 127 Å². The van der Waals surface area contributed by atoms with Gasteiger partial charge >= 0.3 is 11.8 Å². The van der Waals surface area contributed by atoms with E-state index in [0.29, 0.717) is 40.8 Å². The van der Waals surface area contributed by atoms with Crippen LogP contribution in [0.2, 0.25) is 0 Å². The van der Waals surface area contributed by atoms with E-state index in [9.17, 15) is 14.4 Å². The number of rotatable bonds is 10. The molecule has 3 rings (SSSR count). The van der Waals surface area contributed by atoms with E-state index in [1.54, 1.807) is 48.5 Å². The van der Waals surface area contributed by atoms with Gasteiger partial charge in [-0.1, -0.05) is 15.9 Å². The molecule has 0 bridgehead atoms. The number of nitrogens with zero attached hydrogens (tertiary/aromatic N) is 1. The van der Waals surface area contributed by atoms with Crippen LogP contribution in [0.15, 0.2) is 70.2 Å². The Labute approximate surface area is 228 Å². The largest absolute Gasteiger partial charge is 0.497 e. The Hall–Kier alpha value is -4.38. The highest BCUT2D eigenvalue weighted by Gasteiger charge is 2.13. The van der Waals surface area contributed by atoms with Crippen molar-refractivity contribution in [3.63, 3.8) is 0 Å². The fourth-order valence-electron chi connectivity index (χ4n) is 3.17. The van der Waals surface area contributed by atoms with E-state index < -0.39 is 11.8 Å². The SMILES string of the molecule is CCOc1cc(/C=N\NC(=O)C(=O)Nc2ccc(OC)cc2)ccc1OCC(=O)Nc1ccc(Br)cc1C. The van der Waals surface area contributed by atoms with Crippen molar-refractivity contribution in [2.75, 3.05) is 31.0 Å². The van der Waals surface area contributed by atoms with Crippen molar-refractivity contribution in [3.05, 3.63) is 76.3 Å². The molecule has 3 aromatic carbocycles. The molecule has 0 aromatic heterocycles. The molecule has 0 fully saturated rings. The third kappa shape index (κ3) is 8.34. The Bertz CT molecular complexity index is 1330. The van der Waals surface area contributed by atoms with Gasteiger partial charge in [0.05, 0.1) is 19.9 Å². The van der Waals surface area contributed by atoms with Gasteiger partial charge in [-0.2, -0.15) is 5.10 Å². The van der Waals surface area contributed by atoms with Crippen molar-refractivity contribution in [2.45, 2.75) is 13.8 Å². The first-order chi connectivity index (χ1) is 18.3. The van der Waals surface area contributed by atoms with Crippen molar-refractivity contribution < 1.29 is 28.6 Å². The average Bonchev–Trinajstić information content (AvgIpc) is 2.90. The first-order valence-corrected chi connectivity index (χ1v) is 12.3. The second kappa shape index (κ2) is 13.8. The zero-order valence-corrected chi connectivity index (χ0v) is 22.6. The van der Waals surface area contributed by atoms with Gasteiger partial charge in [0.2, 0.25) is 0 Å². The van der Waals surface area contributed by atoms with Crippen LogP contribution in [-0.2, 0) is 14.4 Å². The van der Waals surface area contributed by atoms with Crippen LogP contribution in [0.3, 0.4) is 0 Å². The lowest BCUT2D eigenvalue weighted by Crippen LogP contribution is -2.32. The van der Waals surface area contributed by atoms with Crippen LogP contribution >= 0.6 is 15.9 Å². The van der Waals surface area contributed by atoms with Gasteiger partial charge in [0, 0.05) is 15.8 Å². The zero-order chi connectivity index (χ0) is 27.5. The number of hydrogen-bond acceptors (Lipinski definition) is 7. The van der Waals surface area contributed by atoms with Crippen LogP contribution in [0.5, 0.6) is 17.2 Å². The minimum absolute atomic E-state index is 0.220. The molecule has 0 aliphatic heterocycles. The molecule has 0 atom stereocenters. The second-order valence-corrected chi connectivity index (χ2v) is 8.73. The van der Waals surface area contributed by atoms with Gasteiger partial charge in [0.15, 0.2) is 18.1 Å². The van der Waals surface area contributed by atoms with Crippen molar-refractivity contribution >= 4 is 51.2 Å². The third-order valence-electron chi connectivity index (χ3n) is 5.02. The van der Waals surface area contributed by atoms with Crippen LogP contribution in [0.25, 0.3) is 0 Å². The minimum Gasteiger partial charge on any atom is -0.497 e. The lowest BCUT2D eigenvalue weighted by atomic mass is 10.2. The molecule has 0 heterocycles. The summed E-state index contributed by atoms with van der Waals surface area (Å²) in [6.07, 6.45) is 1.36. The van der Waals surface area contributed by atoms with E-state index in [1.807, 2.05) is 26.0 Å². The first-order valence-electron chi connectivity index (χ1n) is 11.5. The van der Waals surface area contributed by atoms with Crippen LogP contribution in [0, 0.1) is 6.92 Å². The number of nitrogens with one attached hydrogen (secondary N) is 3. The molecule has 0 unspecified atom stereocenters. The number of methoxy groups -OCH3 is 1. The number of aryl methyl sites for hydroxylation is 1. The standard InChI is InChI=1S/C27H27BrN4O6/c1-4-37-24-14-18(15-29-32-27(35)26(34)30-20-7-9-21(36-3)10-8-20)5-12-23(24)38-16-25(33)31-22-11-6-19(28)13-17(22)2/h5-15H,4,16H2,1-3H3,(H,30,34)(H,31,33)(H,32,35)/b29-15-.